The lowest BCUT2D eigenvalue weighted by molar-refractivity contribution is -0.140. The smallest absolute Gasteiger partial charge is 0.314 e. The van der Waals surface area contributed by atoms with Crippen molar-refractivity contribution in [3.63, 3.8) is 0 Å². The first kappa shape index (κ1) is 32.6. The monoisotopic (exact) mass is 669 g/mol. The summed E-state index contributed by atoms with van der Waals surface area (Å²) in [5.74, 6) is 1.04. The molecule has 7 rings (SSSR count). The summed E-state index contributed by atoms with van der Waals surface area (Å²) in [7, 11) is 0. The van der Waals surface area contributed by atoms with Crippen LogP contribution in [0.15, 0.2) is 53.3 Å². The molecule has 4 aromatic rings. The second-order valence-electron chi connectivity index (χ2n) is 13.4. The Morgan fingerprint density at radius 1 is 1.08 bits per heavy atom. The van der Waals surface area contributed by atoms with Crippen LogP contribution in [0.4, 0.5) is 17.5 Å². The van der Waals surface area contributed by atoms with Gasteiger partial charge in [-0.2, -0.15) is 0 Å². The van der Waals surface area contributed by atoms with Gasteiger partial charge < -0.3 is 39.5 Å². The minimum atomic E-state index is -0.926. The Hall–Kier alpha value is -4.98. The number of phenols is 1. The van der Waals surface area contributed by atoms with Crippen molar-refractivity contribution in [3.05, 3.63) is 60.1 Å². The van der Waals surface area contributed by atoms with Gasteiger partial charge in [-0.05, 0) is 73.1 Å². The van der Waals surface area contributed by atoms with E-state index >= 15 is 0 Å². The Labute approximate surface area is 285 Å². The summed E-state index contributed by atoms with van der Waals surface area (Å²) in [4.78, 5) is 28.3. The lowest BCUT2D eigenvalue weighted by Crippen LogP contribution is -2.58. The van der Waals surface area contributed by atoms with Gasteiger partial charge in [-0.15, -0.1) is 10.2 Å². The molecule has 0 aliphatic carbocycles. The molecule has 3 N–H and O–H groups in total. The van der Waals surface area contributed by atoms with E-state index in [2.05, 4.69) is 35.4 Å². The lowest BCUT2D eigenvalue weighted by atomic mass is 9.91. The molecule has 2 unspecified atom stereocenters. The fraction of sp³-hybridized carbons (Fsp3) is 0.486. The van der Waals surface area contributed by atoms with E-state index in [1.54, 1.807) is 18.2 Å². The summed E-state index contributed by atoms with van der Waals surface area (Å²) in [5.41, 5.74) is 3.51. The largest absolute Gasteiger partial charge is 0.507 e. The van der Waals surface area contributed by atoms with Crippen molar-refractivity contribution >= 4 is 23.4 Å². The van der Waals surface area contributed by atoms with Gasteiger partial charge in [-0.25, -0.2) is 9.97 Å². The number of benzene rings is 1. The number of carboxylic acids is 1. The number of likely N-dealkylation sites (tertiary alicyclic amines) is 1. The summed E-state index contributed by atoms with van der Waals surface area (Å²) in [6, 6.07) is 11.0. The van der Waals surface area contributed by atoms with Crippen LogP contribution in [0.2, 0.25) is 0 Å². The number of rotatable bonds is 11. The molecule has 14 nitrogen and oxygen atoms in total. The topological polar surface area (TPSA) is 166 Å². The highest BCUT2D eigenvalue weighted by Crippen LogP contribution is 2.36. The van der Waals surface area contributed by atoms with Gasteiger partial charge >= 0.3 is 5.97 Å². The molecule has 258 valence electrons. The number of nitrogens with one attached hydrogen (secondary N) is 1. The van der Waals surface area contributed by atoms with Gasteiger partial charge in [0.05, 0.1) is 24.0 Å². The van der Waals surface area contributed by atoms with E-state index in [0.717, 1.165) is 82.5 Å². The molecule has 14 heteroatoms. The molecule has 0 spiro atoms. The first-order chi connectivity index (χ1) is 23.8. The molecule has 0 bridgehead atoms. The number of piperidine rings is 1. The van der Waals surface area contributed by atoms with Crippen LogP contribution in [0.5, 0.6) is 11.6 Å². The van der Waals surface area contributed by atoms with Gasteiger partial charge in [0.15, 0.2) is 11.6 Å². The number of phenolic OH excluding ortho intramolecular Hbond substituents is 1. The first-order valence-electron chi connectivity index (χ1n) is 17.1. The maximum atomic E-state index is 11.5. The van der Waals surface area contributed by atoms with Crippen molar-refractivity contribution in [2.45, 2.75) is 51.0 Å². The predicted molar refractivity (Wildman–Crippen MR) is 183 cm³/mol. The molecule has 0 radical (unpaired) electrons. The average Bonchev–Trinajstić information content (AvgIpc) is 3.57. The van der Waals surface area contributed by atoms with Crippen LogP contribution in [-0.4, -0.2) is 105 Å². The molecule has 3 aliphatic heterocycles. The van der Waals surface area contributed by atoms with Crippen LogP contribution in [0.3, 0.4) is 0 Å². The van der Waals surface area contributed by atoms with Gasteiger partial charge in [-0.1, -0.05) is 26.0 Å². The highest BCUT2D eigenvalue weighted by molar-refractivity contribution is 5.77. The lowest BCUT2D eigenvalue weighted by Gasteiger charge is -2.45. The normalized spacial score (nSPS) is 18.9. The number of nitrogens with zero attached hydrogens (tertiary/aromatic N) is 8. The molecule has 2 saturated heterocycles. The Bertz CT molecular complexity index is 1740. The van der Waals surface area contributed by atoms with Crippen LogP contribution >= 0.6 is 0 Å². The van der Waals surface area contributed by atoms with Crippen molar-refractivity contribution in [2.24, 2.45) is 5.92 Å². The number of carbonyl (C=O) groups is 1. The second-order valence-corrected chi connectivity index (χ2v) is 13.4. The van der Waals surface area contributed by atoms with Crippen LogP contribution in [-0.2, 0) is 4.79 Å². The van der Waals surface area contributed by atoms with Crippen LogP contribution in [0, 0.1) is 5.92 Å². The fourth-order valence-corrected chi connectivity index (χ4v) is 7.17. The number of fused-ring (bicyclic) bond motifs is 3. The number of hydrogen-bond donors (Lipinski definition) is 3. The molecular formula is C35H43N9O5. The van der Waals surface area contributed by atoms with Crippen molar-refractivity contribution in [3.8, 4) is 22.9 Å². The summed E-state index contributed by atoms with van der Waals surface area (Å²) < 4.78 is 11.0. The molecule has 1 aromatic carbocycles. The maximum Gasteiger partial charge on any atom is 0.314 e. The van der Waals surface area contributed by atoms with Gasteiger partial charge in [0.25, 0.3) is 5.88 Å². The summed E-state index contributed by atoms with van der Waals surface area (Å²) in [6.07, 6.45) is 6.97. The van der Waals surface area contributed by atoms with E-state index in [-0.39, 0.29) is 17.7 Å². The van der Waals surface area contributed by atoms with Gasteiger partial charge in [-0.3, -0.25) is 4.79 Å². The molecule has 3 aliphatic rings. The number of aromatic nitrogens is 5. The first-order valence-corrected chi connectivity index (χ1v) is 17.1. The highest BCUT2D eigenvalue weighted by atomic mass is 16.5. The minimum Gasteiger partial charge on any atom is -0.507 e. The number of para-hydroxylation sites is 1. The van der Waals surface area contributed by atoms with Crippen molar-refractivity contribution in [1.82, 2.24) is 30.2 Å². The molecule has 2 atom stereocenters. The third-order valence-electron chi connectivity index (χ3n) is 9.87. The van der Waals surface area contributed by atoms with Crippen molar-refractivity contribution < 1.29 is 24.3 Å². The van der Waals surface area contributed by atoms with Crippen LogP contribution in [0.25, 0.3) is 11.3 Å². The maximum absolute atomic E-state index is 11.5. The standard InChI is InChI=1S/C35H43N9O5/c1-22(2)32(34(46)47)30-17-31(41-49-30)48-15-5-10-42-11-8-23(9-12-42)24-18-37-35(38-19-24)43-13-14-44-25(21-43)20-36-33-28(44)16-27(39-40-33)26-6-3-4-7-29(26)45/h3-4,6-7,16-19,22-23,25,32,45H,5,8-15,20-21H2,1-2H3,(H,36,40)(H,46,47). The molecule has 3 aromatic heterocycles. The van der Waals surface area contributed by atoms with Crippen LogP contribution in [0.1, 0.15) is 56.3 Å². The van der Waals surface area contributed by atoms with E-state index in [0.29, 0.717) is 35.4 Å². The zero-order valence-corrected chi connectivity index (χ0v) is 27.9. The van der Waals surface area contributed by atoms with E-state index in [9.17, 15) is 15.0 Å². The summed E-state index contributed by atoms with van der Waals surface area (Å²) >= 11 is 0. The molecule has 6 heterocycles. The quantitative estimate of drug-likeness (QED) is 0.194. The van der Waals surface area contributed by atoms with Crippen LogP contribution < -0.4 is 19.9 Å². The third-order valence-corrected chi connectivity index (χ3v) is 9.87. The van der Waals surface area contributed by atoms with Gasteiger partial charge in [0.2, 0.25) is 5.95 Å². The molecule has 0 amide bonds. The highest BCUT2D eigenvalue weighted by Gasteiger charge is 2.34. The average molecular weight is 670 g/mol. The number of carboxylic acid groups (broad SMARTS) is 1. The predicted octanol–water partition coefficient (Wildman–Crippen LogP) is 4.22. The number of hydrogen-bond acceptors (Lipinski definition) is 13. The van der Waals surface area contributed by atoms with Gasteiger partial charge in [0.1, 0.15) is 11.7 Å². The number of piperazine rings is 1. The third kappa shape index (κ3) is 7.09. The molecule has 0 saturated carbocycles. The second kappa shape index (κ2) is 14.2. The summed E-state index contributed by atoms with van der Waals surface area (Å²) in [6.45, 7) is 10.3. The zero-order chi connectivity index (χ0) is 33.9. The van der Waals surface area contributed by atoms with E-state index in [4.69, 9.17) is 19.2 Å². The zero-order valence-electron chi connectivity index (χ0n) is 27.9. The van der Waals surface area contributed by atoms with E-state index < -0.39 is 11.9 Å². The summed E-state index contributed by atoms with van der Waals surface area (Å²) in [5, 5.41) is 35.9. The fourth-order valence-electron chi connectivity index (χ4n) is 7.17. The Morgan fingerprint density at radius 3 is 2.63 bits per heavy atom. The molecule has 49 heavy (non-hydrogen) atoms. The van der Waals surface area contributed by atoms with E-state index in [1.807, 2.05) is 44.4 Å². The minimum absolute atomic E-state index is 0.106. The number of ether oxygens (including phenoxy) is 1. The van der Waals surface area contributed by atoms with Crippen molar-refractivity contribution in [2.75, 3.05) is 67.5 Å². The SMILES string of the molecule is CC(C)C(C(=O)O)c1cc(OCCCN2CCC(c3cnc(N4CCN5c6cc(-c7ccccc7O)nnc6NCC5C4)nc3)CC2)no1. The molecular weight excluding hydrogens is 626 g/mol. The van der Waals surface area contributed by atoms with Crippen molar-refractivity contribution in [1.29, 1.82) is 0 Å². The number of aliphatic carboxylic acids is 1. The Morgan fingerprint density at radius 2 is 1.88 bits per heavy atom. The Kier molecular flexibility index (Phi) is 9.47. The number of aromatic hydroxyl groups is 1. The Balaban J connectivity index is 0.869. The van der Waals surface area contributed by atoms with E-state index in [1.165, 1.54) is 5.56 Å². The van der Waals surface area contributed by atoms with Gasteiger partial charge in [0, 0.05) is 56.7 Å². The molecule has 2 fully saturated rings. The number of anilines is 3.